The summed E-state index contributed by atoms with van der Waals surface area (Å²) in [5.41, 5.74) is -0.446. The fourth-order valence-corrected chi connectivity index (χ4v) is 5.67. The van der Waals surface area contributed by atoms with Gasteiger partial charge in [0.1, 0.15) is 5.82 Å². The molecule has 0 bridgehead atoms. The number of aromatic carboxylic acids is 1. The maximum Gasteiger partial charge on any atom is 0.411 e. The van der Waals surface area contributed by atoms with Gasteiger partial charge in [-0.25, -0.2) is 17.6 Å². The SMILES string of the molecule is CCn1cc(C(=O)[O-])c(=O)c2cc(F)c(N3CCN(S(=O)(=O)c4ccc(NC(=O)OC)cc4)CC3)cc21. The van der Waals surface area contributed by atoms with Crippen molar-refractivity contribution in [3.63, 3.8) is 0 Å². The summed E-state index contributed by atoms with van der Waals surface area (Å²) in [6.07, 6.45) is 0.501. The Hall–Kier alpha value is -3.97. The van der Waals surface area contributed by atoms with E-state index in [2.05, 4.69) is 10.1 Å². The third kappa shape index (κ3) is 5.00. The number of piperazine rings is 1. The molecule has 0 unspecified atom stereocenters. The Balaban J connectivity index is 1.55. The predicted molar refractivity (Wildman–Crippen MR) is 132 cm³/mol. The van der Waals surface area contributed by atoms with Gasteiger partial charge in [0.2, 0.25) is 10.0 Å². The number of amides is 1. The molecule has 0 spiro atoms. The average Bonchev–Trinajstić information content (AvgIpc) is 2.89. The van der Waals surface area contributed by atoms with E-state index in [9.17, 15) is 27.9 Å². The van der Waals surface area contributed by atoms with E-state index in [0.29, 0.717) is 17.7 Å². The van der Waals surface area contributed by atoms with E-state index in [4.69, 9.17) is 0 Å². The Morgan fingerprint density at radius 3 is 2.32 bits per heavy atom. The first-order valence-electron chi connectivity index (χ1n) is 11.3. The van der Waals surface area contributed by atoms with Crippen LogP contribution >= 0.6 is 0 Å². The van der Waals surface area contributed by atoms with Gasteiger partial charge in [0.25, 0.3) is 0 Å². The van der Waals surface area contributed by atoms with Crippen LogP contribution in [-0.2, 0) is 21.3 Å². The second-order valence-corrected chi connectivity index (χ2v) is 10.2. The quantitative estimate of drug-likeness (QED) is 0.501. The highest BCUT2D eigenvalue weighted by molar-refractivity contribution is 7.89. The Bertz CT molecular complexity index is 1530. The van der Waals surface area contributed by atoms with Gasteiger partial charge >= 0.3 is 6.09 Å². The number of carboxylic acid groups (broad SMARTS) is 1. The molecular formula is C24H24FN4O7S-. The Morgan fingerprint density at radius 1 is 1.11 bits per heavy atom. The van der Waals surface area contributed by atoms with E-state index in [-0.39, 0.29) is 42.1 Å². The lowest BCUT2D eigenvalue weighted by molar-refractivity contribution is -0.255. The number of carbonyl (C=O) groups is 2. The van der Waals surface area contributed by atoms with Crippen LogP contribution in [0.25, 0.3) is 10.9 Å². The molecule has 1 N–H and O–H groups in total. The zero-order valence-electron chi connectivity index (χ0n) is 20.1. The molecule has 37 heavy (non-hydrogen) atoms. The van der Waals surface area contributed by atoms with Crippen LogP contribution in [0.2, 0.25) is 0 Å². The highest BCUT2D eigenvalue weighted by Gasteiger charge is 2.30. The van der Waals surface area contributed by atoms with E-state index >= 15 is 4.39 Å². The van der Waals surface area contributed by atoms with Crippen LogP contribution in [0.1, 0.15) is 17.3 Å². The molecule has 2 heterocycles. The minimum atomic E-state index is -3.83. The number of nitrogens with zero attached hydrogens (tertiary/aromatic N) is 3. The fraction of sp³-hybridized carbons (Fsp3) is 0.292. The fourth-order valence-electron chi connectivity index (χ4n) is 4.25. The maximum atomic E-state index is 15.1. The highest BCUT2D eigenvalue weighted by Crippen LogP contribution is 2.28. The van der Waals surface area contributed by atoms with Crippen LogP contribution in [-0.4, -0.2) is 62.6 Å². The summed E-state index contributed by atoms with van der Waals surface area (Å²) in [7, 11) is -2.62. The van der Waals surface area contributed by atoms with Gasteiger partial charge in [-0.05, 0) is 43.3 Å². The van der Waals surface area contributed by atoms with Crippen LogP contribution in [0, 0.1) is 5.82 Å². The number of nitrogens with one attached hydrogen (secondary N) is 1. The van der Waals surface area contributed by atoms with Gasteiger partial charge in [-0.2, -0.15) is 4.31 Å². The van der Waals surface area contributed by atoms with Crippen molar-refractivity contribution < 1.29 is 32.2 Å². The number of aryl methyl sites for hydroxylation is 1. The second-order valence-electron chi connectivity index (χ2n) is 8.30. The normalized spacial score (nSPS) is 14.5. The van der Waals surface area contributed by atoms with Crippen molar-refractivity contribution in [3.8, 4) is 0 Å². The third-order valence-corrected chi connectivity index (χ3v) is 8.13. The van der Waals surface area contributed by atoms with Crippen molar-refractivity contribution >= 4 is 44.4 Å². The first-order chi connectivity index (χ1) is 17.6. The van der Waals surface area contributed by atoms with Crippen molar-refractivity contribution in [3.05, 3.63) is 64.2 Å². The lowest BCUT2D eigenvalue weighted by Crippen LogP contribution is -2.49. The summed E-state index contributed by atoms with van der Waals surface area (Å²) in [6, 6.07) is 8.14. The molecule has 1 aromatic heterocycles. The number of carboxylic acids is 1. The number of hydrogen-bond acceptors (Lipinski definition) is 8. The zero-order valence-corrected chi connectivity index (χ0v) is 20.9. The van der Waals surface area contributed by atoms with Crippen LogP contribution in [0.5, 0.6) is 0 Å². The monoisotopic (exact) mass is 531 g/mol. The maximum absolute atomic E-state index is 15.1. The van der Waals surface area contributed by atoms with E-state index in [1.165, 1.54) is 52.5 Å². The minimum absolute atomic E-state index is 0.0453. The third-order valence-electron chi connectivity index (χ3n) is 6.21. The van der Waals surface area contributed by atoms with Crippen LogP contribution in [0.4, 0.5) is 20.6 Å². The smallest absolute Gasteiger partial charge is 0.411 e. The Labute approximate surface area is 211 Å². The molecule has 1 aliphatic heterocycles. The van der Waals surface area contributed by atoms with Crippen molar-refractivity contribution in [2.24, 2.45) is 0 Å². The summed E-state index contributed by atoms with van der Waals surface area (Å²) in [5.74, 6) is -2.35. The van der Waals surface area contributed by atoms with Gasteiger partial charge in [-0.15, -0.1) is 0 Å². The van der Waals surface area contributed by atoms with Crippen molar-refractivity contribution in [1.82, 2.24) is 8.87 Å². The summed E-state index contributed by atoms with van der Waals surface area (Å²) in [4.78, 5) is 36.9. The summed E-state index contributed by atoms with van der Waals surface area (Å²) in [6.45, 7) is 2.66. The molecular weight excluding hydrogens is 507 g/mol. The number of carbonyl (C=O) groups excluding carboxylic acids is 2. The number of rotatable bonds is 6. The number of halogens is 1. The molecule has 0 atom stereocenters. The standard InChI is InChI=1S/C24H25FN4O7S/c1-3-27-14-18(23(31)32)22(30)17-12-19(25)21(13-20(17)27)28-8-10-29(11-9-28)37(34,35)16-6-4-15(5-7-16)26-24(33)36-2/h4-7,12-14H,3,8-11H2,1-2H3,(H,26,33)(H,31,32)/p-1. The van der Waals surface area contributed by atoms with E-state index in [0.717, 1.165) is 6.07 Å². The summed E-state index contributed by atoms with van der Waals surface area (Å²) < 4.78 is 48.6. The summed E-state index contributed by atoms with van der Waals surface area (Å²) in [5, 5.41) is 13.7. The largest absolute Gasteiger partial charge is 0.545 e. The number of aromatic nitrogens is 1. The molecule has 0 aliphatic carbocycles. The highest BCUT2D eigenvalue weighted by atomic mass is 32.2. The van der Waals surface area contributed by atoms with Crippen LogP contribution in [0.3, 0.4) is 0 Å². The molecule has 196 valence electrons. The van der Waals surface area contributed by atoms with Crippen molar-refractivity contribution in [2.75, 3.05) is 43.5 Å². The number of pyridine rings is 1. The molecule has 2 aromatic carbocycles. The lowest BCUT2D eigenvalue weighted by Gasteiger charge is -2.35. The van der Waals surface area contributed by atoms with E-state index in [1.54, 1.807) is 11.8 Å². The number of fused-ring (bicyclic) bond motifs is 1. The molecule has 11 nitrogen and oxygen atoms in total. The number of hydrogen-bond donors (Lipinski definition) is 1. The molecule has 0 saturated carbocycles. The van der Waals surface area contributed by atoms with Gasteiger partial charge in [0.15, 0.2) is 5.43 Å². The molecule has 1 aliphatic rings. The number of methoxy groups -OCH3 is 1. The number of sulfonamides is 1. The molecule has 4 rings (SSSR count). The van der Waals surface area contributed by atoms with Gasteiger partial charge in [0.05, 0.1) is 34.7 Å². The van der Waals surface area contributed by atoms with Crippen molar-refractivity contribution in [2.45, 2.75) is 18.4 Å². The van der Waals surface area contributed by atoms with Gasteiger partial charge in [-0.3, -0.25) is 10.1 Å². The topological polar surface area (TPSA) is 141 Å². The van der Waals surface area contributed by atoms with Gasteiger partial charge in [0, 0.05) is 50.0 Å². The molecule has 3 aromatic rings. The van der Waals surface area contributed by atoms with Crippen LogP contribution < -0.4 is 20.8 Å². The van der Waals surface area contributed by atoms with Gasteiger partial charge in [-0.1, -0.05) is 0 Å². The van der Waals surface area contributed by atoms with Gasteiger partial charge < -0.3 is 24.1 Å². The first kappa shape index (κ1) is 26.1. The number of ether oxygens (including phenoxy) is 1. The first-order valence-corrected chi connectivity index (χ1v) is 12.8. The molecule has 1 amide bonds. The van der Waals surface area contributed by atoms with Crippen LogP contribution in [0.15, 0.2) is 52.3 Å². The summed E-state index contributed by atoms with van der Waals surface area (Å²) >= 11 is 0. The Kier molecular flexibility index (Phi) is 7.18. The Morgan fingerprint density at radius 2 is 1.76 bits per heavy atom. The molecule has 1 fully saturated rings. The van der Waals surface area contributed by atoms with E-state index < -0.39 is 38.9 Å². The number of benzene rings is 2. The molecule has 1 saturated heterocycles. The minimum Gasteiger partial charge on any atom is -0.545 e. The molecule has 0 radical (unpaired) electrons. The zero-order chi connectivity index (χ0) is 26.9. The van der Waals surface area contributed by atoms with E-state index in [1.807, 2.05) is 0 Å². The predicted octanol–water partition coefficient (Wildman–Crippen LogP) is 1.21. The molecule has 13 heteroatoms. The average molecular weight is 532 g/mol. The lowest BCUT2D eigenvalue weighted by atomic mass is 10.1. The van der Waals surface area contributed by atoms with Crippen molar-refractivity contribution in [1.29, 1.82) is 0 Å². The second kappa shape index (κ2) is 10.2. The number of anilines is 2.